The normalized spacial score (nSPS) is 23.6. The highest BCUT2D eigenvalue weighted by molar-refractivity contribution is 5.10. The predicted molar refractivity (Wildman–Crippen MR) is 78.7 cm³/mol. The van der Waals surface area contributed by atoms with Crippen LogP contribution in [0.4, 0.5) is 0 Å². The third-order valence-corrected chi connectivity index (χ3v) is 4.16. The molecule has 5 nitrogen and oxygen atoms in total. The first-order chi connectivity index (χ1) is 9.93. The van der Waals surface area contributed by atoms with Gasteiger partial charge in [-0.25, -0.2) is 0 Å². The fourth-order valence-corrected chi connectivity index (χ4v) is 2.99. The Hall–Kier alpha value is -1.01. The van der Waals surface area contributed by atoms with Crippen LogP contribution in [0.5, 0.6) is 0 Å². The number of nitrogens with one attached hydrogen (secondary N) is 1. The molecule has 2 aliphatic heterocycles. The number of pyridine rings is 1. The van der Waals surface area contributed by atoms with Crippen molar-refractivity contribution in [1.29, 1.82) is 0 Å². The maximum atomic E-state index is 5.45. The van der Waals surface area contributed by atoms with Gasteiger partial charge in [-0.3, -0.25) is 14.8 Å². The highest BCUT2D eigenvalue weighted by Gasteiger charge is 2.26. The van der Waals surface area contributed by atoms with Gasteiger partial charge in [-0.2, -0.15) is 0 Å². The van der Waals surface area contributed by atoms with Crippen molar-refractivity contribution < 1.29 is 4.74 Å². The van der Waals surface area contributed by atoms with Crippen molar-refractivity contribution in [3.05, 3.63) is 30.1 Å². The lowest BCUT2D eigenvalue weighted by atomic mass is 10.1. The summed E-state index contributed by atoms with van der Waals surface area (Å²) in [7, 11) is 0. The molecule has 1 aromatic heterocycles. The molecule has 0 spiro atoms. The summed E-state index contributed by atoms with van der Waals surface area (Å²) in [5, 5.41) is 3.43. The molecule has 5 heteroatoms. The smallest absolute Gasteiger partial charge is 0.0650 e. The first-order valence-electron chi connectivity index (χ1n) is 7.59. The number of morpholine rings is 1. The largest absolute Gasteiger partial charge is 0.379 e. The second kappa shape index (κ2) is 7.13. The van der Waals surface area contributed by atoms with Crippen LogP contribution in [0.3, 0.4) is 0 Å². The Morgan fingerprint density at radius 1 is 1.15 bits per heavy atom. The summed E-state index contributed by atoms with van der Waals surface area (Å²) in [5.41, 5.74) is 1.20. The van der Waals surface area contributed by atoms with Crippen LogP contribution < -0.4 is 5.32 Å². The molecule has 2 fully saturated rings. The molecule has 1 unspecified atom stereocenters. The third kappa shape index (κ3) is 3.55. The van der Waals surface area contributed by atoms with Gasteiger partial charge in [0.05, 0.1) is 24.9 Å². The van der Waals surface area contributed by atoms with E-state index in [4.69, 9.17) is 4.74 Å². The molecule has 2 saturated heterocycles. The first kappa shape index (κ1) is 13.9. The number of hydrogen-bond donors (Lipinski definition) is 1. The molecule has 0 saturated carbocycles. The third-order valence-electron chi connectivity index (χ3n) is 4.16. The minimum Gasteiger partial charge on any atom is -0.379 e. The molecule has 3 rings (SSSR count). The summed E-state index contributed by atoms with van der Waals surface area (Å²) in [6, 6.07) is 6.65. The second-order valence-corrected chi connectivity index (χ2v) is 5.47. The predicted octanol–water partition coefficient (Wildman–Crippen LogP) is 0.360. The van der Waals surface area contributed by atoms with E-state index >= 15 is 0 Å². The van der Waals surface area contributed by atoms with Crippen LogP contribution >= 0.6 is 0 Å². The van der Waals surface area contributed by atoms with Gasteiger partial charge in [0.2, 0.25) is 0 Å². The zero-order chi connectivity index (χ0) is 13.6. The highest BCUT2D eigenvalue weighted by Crippen LogP contribution is 2.21. The first-order valence-corrected chi connectivity index (χ1v) is 7.59. The van der Waals surface area contributed by atoms with E-state index in [1.807, 2.05) is 12.3 Å². The summed E-state index contributed by atoms with van der Waals surface area (Å²) in [6.07, 6.45) is 1.91. The van der Waals surface area contributed by atoms with Crippen molar-refractivity contribution in [2.24, 2.45) is 0 Å². The number of hydrogen-bond acceptors (Lipinski definition) is 5. The Morgan fingerprint density at radius 3 is 2.65 bits per heavy atom. The van der Waals surface area contributed by atoms with Crippen molar-refractivity contribution in [3.63, 3.8) is 0 Å². The van der Waals surface area contributed by atoms with Crippen LogP contribution in [0.1, 0.15) is 11.7 Å². The molecule has 1 atom stereocenters. The van der Waals surface area contributed by atoms with Crippen LogP contribution in [0.2, 0.25) is 0 Å². The molecule has 110 valence electrons. The lowest BCUT2D eigenvalue weighted by molar-refractivity contribution is 0.0201. The average Bonchev–Trinajstić information content (AvgIpc) is 2.55. The molecule has 0 bridgehead atoms. The molecule has 1 aromatic rings. The van der Waals surface area contributed by atoms with E-state index < -0.39 is 0 Å². The summed E-state index contributed by atoms with van der Waals surface area (Å²) in [4.78, 5) is 9.67. The maximum Gasteiger partial charge on any atom is 0.0650 e. The highest BCUT2D eigenvalue weighted by atomic mass is 16.5. The monoisotopic (exact) mass is 276 g/mol. The molecular weight excluding hydrogens is 252 g/mol. The minimum absolute atomic E-state index is 0.399. The molecule has 0 aromatic carbocycles. The zero-order valence-corrected chi connectivity index (χ0v) is 12.0. The second-order valence-electron chi connectivity index (χ2n) is 5.47. The van der Waals surface area contributed by atoms with Crippen molar-refractivity contribution >= 4 is 0 Å². The van der Waals surface area contributed by atoms with E-state index in [1.165, 1.54) is 5.69 Å². The van der Waals surface area contributed by atoms with Crippen LogP contribution in [0.15, 0.2) is 24.4 Å². The van der Waals surface area contributed by atoms with Gasteiger partial charge in [0.25, 0.3) is 0 Å². The molecular formula is C15H24N4O. The number of nitrogens with zero attached hydrogens (tertiary/aromatic N) is 3. The Bertz CT molecular complexity index is 388. The quantitative estimate of drug-likeness (QED) is 0.860. The fraction of sp³-hybridized carbons (Fsp3) is 0.667. The lowest BCUT2D eigenvalue weighted by Crippen LogP contribution is -2.49. The summed E-state index contributed by atoms with van der Waals surface area (Å²) < 4.78 is 5.45. The molecule has 20 heavy (non-hydrogen) atoms. The SMILES string of the molecule is c1ccc(C(CN2CCOCC2)N2CCNCC2)nc1. The molecule has 3 heterocycles. The molecule has 0 amide bonds. The van der Waals surface area contributed by atoms with Crippen LogP contribution in [0.25, 0.3) is 0 Å². The van der Waals surface area contributed by atoms with E-state index in [9.17, 15) is 0 Å². The van der Waals surface area contributed by atoms with Crippen molar-refractivity contribution in [2.75, 3.05) is 59.0 Å². The van der Waals surface area contributed by atoms with Gasteiger partial charge in [-0.1, -0.05) is 6.07 Å². The molecule has 0 radical (unpaired) electrons. The van der Waals surface area contributed by atoms with Gasteiger partial charge in [0.15, 0.2) is 0 Å². The van der Waals surface area contributed by atoms with E-state index in [2.05, 4.69) is 32.2 Å². The van der Waals surface area contributed by atoms with Crippen molar-refractivity contribution in [3.8, 4) is 0 Å². The fourth-order valence-electron chi connectivity index (χ4n) is 2.99. The number of rotatable bonds is 4. The number of aromatic nitrogens is 1. The van der Waals surface area contributed by atoms with Crippen LogP contribution in [-0.4, -0.2) is 73.8 Å². The Balaban J connectivity index is 1.72. The number of ether oxygens (including phenoxy) is 1. The summed E-state index contributed by atoms with van der Waals surface area (Å²) in [6.45, 7) is 9.20. The van der Waals surface area contributed by atoms with E-state index in [0.717, 1.165) is 59.0 Å². The minimum atomic E-state index is 0.399. The van der Waals surface area contributed by atoms with Crippen LogP contribution in [0, 0.1) is 0 Å². The standard InChI is InChI=1S/C15H24N4O/c1-2-4-17-14(3-1)15(19-7-5-16-6-8-19)13-18-9-11-20-12-10-18/h1-4,15-16H,5-13H2. The van der Waals surface area contributed by atoms with Crippen molar-refractivity contribution in [2.45, 2.75) is 6.04 Å². The van der Waals surface area contributed by atoms with E-state index in [0.29, 0.717) is 6.04 Å². The van der Waals surface area contributed by atoms with Gasteiger partial charge in [-0.15, -0.1) is 0 Å². The molecule has 0 aliphatic carbocycles. The Morgan fingerprint density at radius 2 is 1.95 bits per heavy atom. The topological polar surface area (TPSA) is 40.6 Å². The number of piperazine rings is 1. The van der Waals surface area contributed by atoms with Crippen molar-refractivity contribution in [1.82, 2.24) is 20.1 Å². The van der Waals surface area contributed by atoms with Gasteiger partial charge >= 0.3 is 0 Å². The maximum absolute atomic E-state index is 5.45. The van der Waals surface area contributed by atoms with Gasteiger partial charge in [-0.05, 0) is 12.1 Å². The zero-order valence-electron chi connectivity index (χ0n) is 12.0. The van der Waals surface area contributed by atoms with E-state index in [1.54, 1.807) is 0 Å². The molecule has 2 aliphatic rings. The van der Waals surface area contributed by atoms with E-state index in [-0.39, 0.29) is 0 Å². The van der Waals surface area contributed by atoms with Gasteiger partial charge < -0.3 is 10.1 Å². The molecule has 1 N–H and O–H groups in total. The average molecular weight is 276 g/mol. The Kier molecular flexibility index (Phi) is 4.97. The van der Waals surface area contributed by atoms with Gasteiger partial charge in [0.1, 0.15) is 0 Å². The van der Waals surface area contributed by atoms with Gasteiger partial charge in [0, 0.05) is 52.0 Å². The lowest BCUT2D eigenvalue weighted by Gasteiger charge is -2.38. The summed E-state index contributed by atoms with van der Waals surface area (Å²) >= 11 is 0. The van der Waals surface area contributed by atoms with Crippen LogP contribution in [-0.2, 0) is 4.74 Å². The summed E-state index contributed by atoms with van der Waals surface area (Å²) in [5.74, 6) is 0. The Labute approximate surface area is 120 Å².